The van der Waals surface area contributed by atoms with E-state index in [1.54, 1.807) is 0 Å². The molecule has 2 amide bonds. The summed E-state index contributed by atoms with van der Waals surface area (Å²) in [5, 5.41) is 15.0. The molecule has 11 nitrogen and oxygen atoms in total. The van der Waals surface area contributed by atoms with Crippen molar-refractivity contribution in [3.8, 4) is 33.6 Å². The van der Waals surface area contributed by atoms with Gasteiger partial charge in [0.15, 0.2) is 0 Å². The Morgan fingerprint density at radius 3 is 2.10 bits per heavy atom. The number of likely N-dealkylation sites (N-methyl/N-ethyl adjacent to an activating group) is 1. The number of hydrogen-bond acceptors (Lipinski definition) is 7. The first-order chi connectivity index (χ1) is 23.7. The Labute approximate surface area is 285 Å². The molecule has 7 rings (SSSR count). The molecule has 2 aliphatic rings. The first-order valence-electron chi connectivity index (χ1n) is 17.0. The molecule has 4 atom stereocenters. The number of aliphatic hydroxyl groups excluding tert-OH is 1. The zero-order chi connectivity index (χ0) is 34.2. The number of aliphatic hydroxyl groups is 1. The summed E-state index contributed by atoms with van der Waals surface area (Å²) in [6.07, 6.45) is 5.13. The molecule has 4 N–H and O–H groups in total. The molecule has 4 unspecified atom stereocenters. The lowest BCUT2D eigenvalue weighted by atomic mass is 9.98. The van der Waals surface area contributed by atoms with Crippen molar-refractivity contribution >= 4 is 22.8 Å². The summed E-state index contributed by atoms with van der Waals surface area (Å²) in [5.41, 5.74) is 6.20. The number of carbonyl (C=O) groups is 2. The lowest BCUT2D eigenvalue weighted by Crippen LogP contribution is -2.51. The number of nitrogens with one attached hydrogen (secondary N) is 3. The average molecular weight is 662 g/mol. The van der Waals surface area contributed by atoms with E-state index in [1.165, 1.54) is 7.11 Å². The lowest BCUT2D eigenvalue weighted by Gasteiger charge is -2.30. The van der Waals surface area contributed by atoms with Gasteiger partial charge in [-0.3, -0.25) is 9.69 Å². The molecule has 5 aromatic rings. The van der Waals surface area contributed by atoms with Gasteiger partial charge in [-0.15, -0.1) is 0 Å². The molecule has 3 aromatic carbocycles. The van der Waals surface area contributed by atoms with Crippen LogP contribution in [0.2, 0.25) is 0 Å². The number of aromatic nitrogens is 4. The number of β-amino-alcohol motifs (C(OH)–C–C–N with tert-alkyl or cyclic N) is 1. The van der Waals surface area contributed by atoms with Crippen LogP contribution in [-0.2, 0) is 9.53 Å². The number of H-pyrrole nitrogens is 2. The molecule has 0 aliphatic carbocycles. The summed E-state index contributed by atoms with van der Waals surface area (Å²) in [6.45, 7) is 5.09. The molecule has 0 bridgehead atoms. The van der Waals surface area contributed by atoms with Gasteiger partial charge in [-0.05, 0) is 71.8 Å². The monoisotopic (exact) mass is 661 g/mol. The number of ether oxygens (including phenoxy) is 1. The van der Waals surface area contributed by atoms with Crippen molar-refractivity contribution in [3.05, 3.63) is 84.7 Å². The molecule has 2 fully saturated rings. The fourth-order valence-electron chi connectivity index (χ4n) is 7.23. The van der Waals surface area contributed by atoms with Crippen molar-refractivity contribution in [3.63, 3.8) is 0 Å². The zero-order valence-corrected chi connectivity index (χ0v) is 28.3. The normalized spacial score (nSPS) is 20.3. The number of benzene rings is 3. The van der Waals surface area contributed by atoms with Gasteiger partial charge in [0.25, 0.3) is 0 Å². The van der Waals surface area contributed by atoms with Gasteiger partial charge in [0.1, 0.15) is 17.7 Å². The summed E-state index contributed by atoms with van der Waals surface area (Å²) in [5.74, 6) is 1.42. The summed E-state index contributed by atoms with van der Waals surface area (Å²) in [7, 11) is 3.32. The summed E-state index contributed by atoms with van der Waals surface area (Å²) < 4.78 is 4.76. The van der Waals surface area contributed by atoms with Crippen LogP contribution in [0.25, 0.3) is 44.4 Å². The van der Waals surface area contributed by atoms with Crippen LogP contribution < -0.4 is 5.32 Å². The van der Waals surface area contributed by atoms with Crippen LogP contribution in [0.5, 0.6) is 0 Å². The number of hydrogen-bond donors (Lipinski definition) is 4. The second-order valence-corrected chi connectivity index (χ2v) is 13.6. The molecule has 49 heavy (non-hydrogen) atoms. The molecule has 2 aromatic heterocycles. The van der Waals surface area contributed by atoms with Gasteiger partial charge in [-0.1, -0.05) is 62.4 Å². The van der Waals surface area contributed by atoms with Crippen LogP contribution in [0.1, 0.15) is 56.8 Å². The molecular formula is C38H43N7O4. The maximum absolute atomic E-state index is 13.5. The van der Waals surface area contributed by atoms with E-state index in [0.717, 1.165) is 68.9 Å². The highest BCUT2D eigenvalue weighted by Gasteiger charge is 2.37. The number of methoxy groups -OCH3 is 1. The summed E-state index contributed by atoms with van der Waals surface area (Å²) >= 11 is 0. The maximum Gasteiger partial charge on any atom is 0.407 e. The Morgan fingerprint density at radius 1 is 0.878 bits per heavy atom. The number of amides is 2. The van der Waals surface area contributed by atoms with Crippen LogP contribution in [0.4, 0.5) is 4.79 Å². The predicted molar refractivity (Wildman–Crippen MR) is 188 cm³/mol. The van der Waals surface area contributed by atoms with E-state index in [-0.39, 0.29) is 30.0 Å². The quantitative estimate of drug-likeness (QED) is 0.158. The highest BCUT2D eigenvalue weighted by Crippen LogP contribution is 2.35. The minimum absolute atomic E-state index is 0.0889. The molecule has 0 spiro atoms. The third kappa shape index (κ3) is 6.56. The van der Waals surface area contributed by atoms with Crippen LogP contribution in [0.3, 0.4) is 0 Å². The van der Waals surface area contributed by atoms with Gasteiger partial charge >= 0.3 is 6.09 Å². The van der Waals surface area contributed by atoms with Crippen LogP contribution in [-0.4, -0.2) is 86.2 Å². The van der Waals surface area contributed by atoms with Gasteiger partial charge in [0.2, 0.25) is 5.91 Å². The van der Waals surface area contributed by atoms with E-state index in [4.69, 9.17) is 9.72 Å². The molecule has 0 saturated carbocycles. The van der Waals surface area contributed by atoms with E-state index in [2.05, 4.69) is 85.8 Å². The SMILES string of the molecule is COC(=O)NC(C(=O)N1CCCC1c1ncc(-c2ccc3cc(-c4ccc(-c5cnc(C6CC(O)CN6C)[nH]5)cc4)ccc3c2)[nH]1)C(C)C. The van der Waals surface area contributed by atoms with Crippen molar-refractivity contribution in [1.29, 1.82) is 0 Å². The third-order valence-electron chi connectivity index (χ3n) is 9.96. The predicted octanol–water partition coefficient (Wildman–Crippen LogP) is 6.07. The number of carbonyl (C=O) groups excluding carboxylic acids is 2. The van der Waals surface area contributed by atoms with Crippen molar-refractivity contribution in [2.24, 2.45) is 5.92 Å². The van der Waals surface area contributed by atoms with E-state index < -0.39 is 12.1 Å². The average Bonchev–Trinajstić information content (AvgIpc) is 3.93. The van der Waals surface area contributed by atoms with Crippen LogP contribution in [0.15, 0.2) is 73.1 Å². The molecule has 2 aliphatic heterocycles. The Balaban J connectivity index is 1.05. The van der Waals surface area contributed by atoms with Crippen molar-refractivity contribution in [1.82, 2.24) is 35.1 Å². The molecule has 4 heterocycles. The van der Waals surface area contributed by atoms with E-state index in [0.29, 0.717) is 19.5 Å². The Bertz CT molecular complexity index is 1970. The molecule has 0 radical (unpaired) electrons. The summed E-state index contributed by atoms with van der Waals surface area (Å²) in [6, 6.07) is 20.6. The largest absolute Gasteiger partial charge is 0.453 e. The number of nitrogens with zero attached hydrogens (tertiary/aromatic N) is 4. The maximum atomic E-state index is 13.5. The van der Waals surface area contributed by atoms with E-state index in [9.17, 15) is 14.7 Å². The van der Waals surface area contributed by atoms with Gasteiger partial charge in [-0.25, -0.2) is 14.8 Å². The highest BCUT2D eigenvalue weighted by atomic mass is 16.5. The summed E-state index contributed by atoms with van der Waals surface area (Å²) in [4.78, 5) is 45.7. The fourth-order valence-corrected chi connectivity index (χ4v) is 7.23. The number of fused-ring (bicyclic) bond motifs is 1. The lowest BCUT2D eigenvalue weighted by molar-refractivity contribution is -0.135. The Kier molecular flexibility index (Phi) is 8.96. The Hall–Kier alpha value is -5.00. The first-order valence-corrected chi connectivity index (χ1v) is 17.0. The van der Waals surface area contributed by atoms with E-state index in [1.807, 2.05) is 38.2 Å². The van der Waals surface area contributed by atoms with Gasteiger partial charge in [0.05, 0.1) is 49.1 Å². The van der Waals surface area contributed by atoms with Gasteiger partial charge < -0.3 is 30.0 Å². The molecule has 2 saturated heterocycles. The topological polar surface area (TPSA) is 139 Å². The number of likely N-dealkylation sites (tertiary alicyclic amines) is 2. The van der Waals surface area contributed by atoms with Crippen molar-refractivity contribution in [2.45, 2.75) is 57.3 Å². The van der Waals surface area contributed by atoms with Crippen molar-refractivity contribution < 1.29 is 19.4 Å². The minimum atomic E-state index is -0.671. The smallest absolute Gasteiger partial charge is 0.407 e. The van der Waals surface area contributed by atoms with Crippen LogP contribution >= 0.6 is 0 Å². The number of imidazole rings is 2. The number of rotatable bonds is 8. The highest BCUT2D eigenvalue weighted by molar-refractivity contribution is 5.91. The number of alkyl carbamates (subject to hydrolysis) is 1. The molecule has 254 valence electrons. The second-order valence-electron chi connectivity index (χ2n) is 13.6. The van der Waals surface area contributed by atoms with Crippen molar-refractivity contribution in [2.75, 3.05) is 27.2 Å². The standard InChI is InChI=1S/C38H43N7O4/c1-22(2)34(43-38(48)49-4)37(47)45-15-5-6-32(45)35-39-20-31(42-35)28-14-13-26-16-25(11-12-27(26)17-28)23-7-9-24(10-8-23)30-19-40-36(41-30)33-18-29(46)21-44(33)3/h7-14,16-17,19-20,22,29,32-34,46H,5-6,15,18,21H2,1-4H3,(H,39,42)(H,40,41)(H,43,48). The number of aromatic amines is 2. The van der Waals surface area contributed by atoms with E-state index >= 15 is 0 Å². The zero-order valence-electron chi connectivity index (χ0n) is 28.3. The fraction of sp³-hybridized carbons (Fsp3) is 0.368. The van der Waals surface area contributed by atoms with Crippen LogP contribution in [0, 0.1) is 5.92 Å². The second kappa shape index (κ2) is 13.5. The molecular weight excluding hydrogens is 618 g/mol. The molecule has 11 heteroatoms. The van der Waals surface area contributed by atoms with Gasteiger partial charge in [0, 0.05) is 18.7 Å². The third-order valence-corrected chi connectivity index (χ3v) is 9.96. The minimum Gasteiger partial charge on any atom is -0.453 e. The first kappa shape index (κ1) is 32.5. The van der Waals surface area contributed by atoms with Gasteiger partial charge in [-0.2, -0.15) is 0 Å². The Morgan fingerprint density at radius 2 is 1.47 bits per heavy atom.